The number of ether oxygens (including phenoxy) is 2. The van der Waals surface area contributed by atoms with Crippen LogP contribution in [0.4, 0.5) is 13.2 Å². The summed E-state index contributed by atoms with van der Waals surface area (Å²) in [5.41, 5.74) is 0.416. The molecule has 0 aliphatic rings. The average Bonchev–Trinajstić information content (AvgIpc) is 3.47. The van der Waals surface area contributed by atoms with Crippen LogP contribution in [-0.4, -0.2) is 58.6 Å². The Balaban J connectivity index is 1.61. The van der Waals surface area contributed by atoms with Gasteiger partial charge in [-0.25, -0.2) is 18.2 Å². The topological polar surface area (TPSA) is 100 Å². The van der Waals surface area contributed by atoms with Crippen LogP contribution >= 0.6 is 0 Å². The van der Waals surface area contributed by atoms with Crippen molar-refractivity contribution >= 4 is 22.7 Å². The predicted octanol–water partition coefficient (Wildman–Crippen LogP) is 3.80. The molecule has 0 saturated carbocycles. The number of para-hydroxylation sites is 2. The highest BCUT2D eigenvalue weighted by Gasteiger charge is 2.26. The van der Waals surface area contributed by atoms with Crippen molar-refractivity contribution < 1.29 is 32.2 Å². The fourth-order valence-corrected chi connectivity index (χ4v) is 3.63. The summed E-state index contributed by atoms with van der Waals surface area (Å²) in [7, 11) is 2.85. The summed E-state index contributed by atoms with van der Waals surface area (Å²) >= 11 is 0. The second-order valence-electron chi connectivity index (χ2n) is 7.66. The van der Waals surface area contributed by atoms with Crippen LogP contribution in [0, 0.1) is 17.5 Å². The molecule has 4 rings (SSSR count). The van der Waals surface area contributed by atoms with Gasteiger partial charge in [-0.3, -0.25) is 9.59 Å². The van der Waals surface area contributed by atoms with Gasteiger partial charge in [0.2, 0.25) is 0 Å². The van der Waals surface area contributed by atoms with Gasteiger partial charge in [0.15, 0.2) is 12.1 Å². The van der Waals surface area contributed by atoms with E-state index in [1.807, 2.05) is 24.3 Å². The lowest BCUT2D eigenvalue weighted by molar-refractivity contribution is -0.113. The molecule has 2 heterocycles. The fourth-order valence-electron chi connectivity index (χ4n) is 3.63. The van der Waals surface area contributed by atoms with Crippen molar-refractivity contribution in [2.45, 2.75) is 12.8 Å². The molecule has 182 valence electrons. The number of aromatic amines is 2. The zero-order valence-electron chi connectivity index (χ0n) is 18.8. The lowest BCUT2D eigenvalue weighted by atomic mass is 10.0. The van der Waals surface area contributed by atoms with Crippen LogP contribution < -0.4 is 0 Å². The SMILES string of the molecule is COC(CN(Cc1nc2ccccc2[nH]1)C(=O)c1cc(C(=O)c2c(F)cc(F)cc2F)c[nH]1)OC. The molecule has 4 aromatic rings. The minimum absolute atomic E-state index is 0.0154. The van der Waals surface area contributed by atoms with Crippen LogP contribution in [0.5, 0.6) is 0 Å². The van der Waals surface area contributed by atoms with Crippen molar-refractivity contribution in [1.29, 1.82) is 0 Å². The number of benzene rings is 2. The molecule has 0 radical (unpaired) electrons. The third-order valence-electron chi connectivity index (χ3n) is 5.37. The molecule has 11 heteroatoms. The average molecular weight is 486 g/mol. The highest BCUT2D eigenvalue weighted by atomic mass is 19.1. The number of fused-ring (bicyclic) bond motifs is 1. The normalized spacial score (nSPS) is 11.4. The smallest absolute Gasteiger partial charge is 0.270 e. The van der Waals surface area contributed by atoms with E-state index in [1.54, 1.807) is 0 Å². The highest BCUT2D eigenvalue weighted by Crippen LogP contribution is 2.21. The number of aromatic nitrogens is 3. The number of carbonyl (C=O) groups is 2. The van der Waals surface area contributed by atoms with E-state index >= 15 is 0 Å². The first-order chi connectivity index (χ1) is 16.8. The van der Waals surface area contributed by atoms with Gasteiger partial charge < -0.3 is 24.3 Å². The molecule has 0 saturated heterocycles. The van der Waals surface area contributed by atoms with Gasteiger partial charge in [0, 0.05) is 38.1 Å². The van der Waals surface area contributed by atoms with Gasteiger partial charge in [-0.05, 0) is 18.2 Å². The maximum absolute atomic E-state index is 14.1. The molecule has 0 unspecified atom stereocenters. The molecular weight excluding hydrogens is 465 g/mol. The van der Waals surface area contributed by atoms with Gasteiger partial charge in [-0.15, -0.1) is 0 Å². The number of carbonyl (C=O) groups excluding carboxylic acids is 2. The molecule has 1 amide bonds. The Bertz CT molecular complexity index is 1320. The molecule has 0 spiro atoms. The number of amides is 1. The van der Waals surface area contributed by atoms with Gasteiger partial charge >= 0.3 is 0 Å². The van der Waals surface area contributed by atoms with Crippen LogP contribution in [0.3, 0.4) is 0 Å². The third-order valence-corrected chi connectivity index (χ3v) is 5.37. The Morgan fingerprint density at radius 2 is 1.74 bits per heavy atom. The fraction of sp³-hybridized carbons (Fsp3) is 0.208. The summed E-state index contributed by atoms with van der Waals surface area (Å²) < 4.78 is 51.8. The van der Waals surface area contributed by atoms with Gasteiger partial charge in [-0.2, -0.15) is 0 Å². The van der Waals surface area contributed by atoms with Crippen LogP contribution in [0.25, 0.3) is 11.0 Å². The Labute approximate surface area is 197 Å². The van der Waals surface area contributed by atoms with E-state index in [0.29, 0.717) is 18.0 Å². The van der Waals surface area contributed by atoms with E-state index in [1.165, 1.54) is 25.2 Å². The minimum Gasteiger partial charge on any atom is -0.356 e. The molecule has 0 aliphatic carbocycles. The summed E-state index contributed by atoms with van der Waals surface area (Å²) in [5.74, 6) is -4.89. The third kappa shape index (κ3) is 5.10. The summed E-state index contributed by atoms with van der Waals surface area (Å²) in [6, 6.07) is 9.37. The Hall–Kier alpha value is -3.96. The number of nitrogens with one attached hydrogen (secondary N) is 2. The lowest BCUT2D eigenvalue weighted by Crippen LogP contribution is -2.39. The maximum atomic E-state index is 14.1. The van der Waals surface area contributed by atoms with Gasteiger partial charge in [-0.1, -0.05) is 12.1 Å². The summed E-state index contributed by atoms with van der Waals surface area (Å²) in [5, 5.41) is 0. The van der Waals surface area contributed by atoms with E-state index in [-0.39, 0.29) is 24.3 Å². The summed E-state index contributed by atoms with van der Waals surface area (Å²) in [6.07, 6.45) is 0.406. The zero-order valence-corrected chi connectivity index (χ0v) is 18.8. The number of halogens is 3. The van der Waals surface area contributed by atoms with Crippen molar-refractivity contribution in [3.05, 3.63) is 88.8 Å². The molecule has 35 heavy (non-hydrogen) atoms. The molecule has 0 aliphatic heterocycles. The number of methoxy groups -OCH3 is 2. The molecule has 2 aromatic carbocycles. The number of rotatable bonds is 9. The lowest BCUT2D eigenvalue weighted by Gasteiger charge is -2.25. The van der Waals surface area contributed by atoms with Crippen LogP contribution in [0.2, 0.25) is 0 Å². The van der Waals surface area contributed by atoms with Crippen LogP contribution in [0.1, 0.15) is 32.2 Å². The molecular formula is C24H21F3N4O4. The van der Waals surface area contributed by atoms with Crippen molar-refractivity contribution in [2.24, 2.45) is 0 Å². The van der Waals surface area contributed by atoms with Gasteiger partial charge in [0.1, 0.15) is 29.0 Å². The Kier molecular flexibility index (Phi) is 6.99. The number of imidazole rings is 1. The Morgan fingerprint density at radius 3 is 2.40 bits per heavy atom. The molecule has 2 N–H and O–H groups in total. The monoisotopic (exact) mass is 486 g/mol. The largest absolute Gasteiger partial charge is 0.356 e. The quantitative estimate of drug-likeness (QED) is 0.277. The molecule has 0 bridgehead atoms. The number of nitrogens with zero attached hydrogens (tertiary/aromatic N) is 2. The predicted molar refractivity (Wildman–Crippen MR) is 119 cm³/mol. The van der Waals surface area contributed by atoms with E-state index in [0.717, 1.165) is 17.2 Å². The minimum atomic E-state index is -1.34. The molecule has 8 nitrogen and oxygen atoms in total. The van der Waals surface area contributed by atoms with E-state index in [2.05, 4.69) is 15.0 Å². The van der Waals surface area contributed by atoms with Crippen molar-refractivity contribution in [2.75, 3.05) is 20.8 Å². The number of ketones is 1. The van der Waals surface area contributed by atoms with Gasteiger partial charge in [0.05, 0.1) is 29.7 Å². The number of hydrogen-bond donors (Lipinski definition) is 2. The standard InChI is InChI=1S/C24H21F3N4O4/c1-34-21(35-2)12-31(11-20-29-17-5-3-4-6-18(17)30-20)24(33)19-7-13(10-28-19)23(32)22-15(26)8-14(25)9-16(22)27/h3-10,21,28H,11-12H2,1-2H3,(H,29,30). The zero-order chi connectivity index (χ0) is 25.1. The molecule has 0 fully saturated rings. The first-order valence-corrected chi connectivity index (χ1v) is 10.5. The Morgan fingerprint density at radius 1 is 1.06 bits per heavy atom. The molecule has 0 atom stereocenters. The molecule has 2 aromatic heterocycles. The van der Waals surface area contributed by atoms with Crippen molar-refractivity contribution in [3.8, 4) is 0 Å². The summed E-state index contributed by atoms with van der Waals surface area (Å²) in [4.78, 5) is 37.6. The van der Waals surface area contributed by atoms with Crippen molar-refractivity contribution in [3.63, 3.8) is 0 Å². The highest BCUT2D eigenvalue weighted by molar-refractivity contribution is 6.10. The maximum Gasteiger partial charge on any atom is 0.270 e. The first-order valence-electron chi connectivity index (χ1n) is 10.5. The van der Waals surface area contributed by atoms with E-state index in [4.69, 9.17) is 9.47 Å². The second kappa shape index (κ2) is 10.1. The van der Waals surface area contributed by atoms with E-state index < -0.39 is 41.0 Å². The number of hydrogen-bond acceptors (Lipinski definition) is 5. The van der Waals surface area contributed by atoms with Gasteiger partial charge in [0.25, 0.3) is 5.91 Å². The number of H-pyrrole nitrogens is 2. The van der Waals surface area contributed by atoms with Crippen LogP contribution in [-0.2, 0) is 16.0 Å². The first kappa shape index (κ1) is 24.2. The van der Waals surface area contributed by atoms with Crippen LogP contribution in [0.15, 0.2) is 48.7 Å². The van der Waals surface area contributed by atoms with Crippen molar-refractivity contribution in [1.82, 2.24) is 19.9 Å². The summed E-state index contributed by atoms with van der Waals surface area (Å²) in [6.45, 7) is 0.0760. The van der Waals surface area contributed by atoms with E-state index in [9.17, 15) is 22.8 Å². The second-order valence-corrected chi connectivity index (χ2v) is 7.66.